The van der Waals surface area contributed by atoms with Crippen molar-refractivity contribution in [2.45, 2.75) is 32.1 Å². The minimum Gasteiger partial charge on any atom is -0.492 e. The van der Waals surface area contributed by atoms with E-state index >= 15 is 0 Å². The van der Waals surface area contributed by atoms with E-state index in [-0.39, 0.29) is 0 Å². The molecule has 0 unspecified atom stereocenters. The van der Waals surface area contributed by atoms with Crippen LogP contribution >= 0.6 is 0 Å². The van der Waals surface area contributed by atoms with Crippen LogP contribution < -0.4 is 10.2 Å². The van der Waals surface area contributed by atoms with Gasteiger partial charge in [-0.3, -0.25) is 0 Å². The minimum absolute atomic E-state index is 0.703. The number of H-pyrrole nitrogens is 1. The molecule has 0 spiro atoms. The number of ether oxygens (including phenoxy) is 1. The molecule has 1 aliphatic carbocycles. The molecule has 0 bridgehead atoms. The maximum absolute atomic E-state index is 6.00. The standard InChI is InChI=1S/C17H20N4O/c1-2-4-12(5-3-1)11-22-14-6-15-16(13-7-20-21-8-13)10-19-17(15)18-9-14/h6-10,12H,1-5,11H2,(H,18,19)(H,20,21)/p+1. The van der Waals surface area contributed by atoms with Gasteiger partial charge >= 0.3 is 0 Å². The van der Waals surface area contributed by atoms with Gasteiger partial charge in [-0.1, -0.05) is 24.4 Å². The van der Waals surface area contributed by atoms with Crippen LogP contribution in [0.25, 0.3) is 16.6 Å². The van der Waals surface area contributed by atoms with Crippen LogP contribution in [0.3, 0.4) is 0 Å². The molecule has 2 aliphatic rings. The predicted molar refractivity (Wildman–Crippen MR) is 86.6 cm³/mol. The van der Waals surface area contributed by atoms with Gasteiger partial charge < -0.3 is 9.72 Å². The monoisotopic (exact) mass is 297 g/mol. The van der Waals surface area contributed by atoms with Crippen molar-refractivity contribution in [2.24, 2.45) is 11.0 Å². The molecule has 2 aromatic heterocycles. The first-order chi connectivity index (χ1) is 10.9. The maximum atomic E-state index is 6.00. The quantitative estimate of drug-likeness (QED) is 0.851. The van der Waals surface area contributed by atoms with Crippen LogP contribution in [0.15, 0.2) is 29.8 Å². The van der Waals surface area contributed by atoms with E-state index in [1.54, 1.807) is 0 Å². The largest absolute Gasteiger partial charge is 0.492 e. The van der Waals surface area contributed by atoms with Crippen molar-refractivity contribution in [3.05, 3.63) is 30.2 Å². The second-order valence-corrected chi connectivity index (χ2v) is 6.13. The lowest BCUT2D eigenvalue weighted by Gasteiger charge is -2.21. The molecule has 5 heteroatoms. The first kappa shape index (κ1) is 13.5. The number of nitrogens with one attached hydrogen (secondary N) is 1. The summed E-state index contributed by atoms with van der Waals surface area (Å²) in [7, 11) is 0. The molecule has 1 aliphatic heterocycles. The van der Waals surface area contributed by atoms with Gasteiger partial charge in [0.1, 0.15) is 17.6 Å². The zero-order valence-electron chi connectivity index (χ0n) is 12.6. The number of nitrogens with zero attached hydrogens (tertiary/aromatic N) is 2. The fourth-order valence-corrected chi connectivity index (χ4v) is 3.32. The van der Waals surface area contributed by atoms with Gasteiger partial charge in [-0.05, 0) is 24.8 Å². The maximum Gasteiger partial charge on any atom is 0.138 e. The van der Waals surface area contributed by atoms with Crippen molar-refractivity contribution in [3.63, 3.8) is 0 Å². The molecule has 3 N–H and O–H groups in total. The SMILES string of the molecule is C1=N[NH2+]C=C1c1c[nH]c2ncc(OCC3CCCCC3)cc12. The summed E-state index contributed by atoms with van der Waals surface area (Å²) in [6, 6.07) is 2.09. The summed E-state index contributed by atoms with van der Waals surface area (Å²) in [6.45, 7) is 0.810. The average molecular weight is 297 g/mol. The number of pyridine rings is 1. The number of hydrogen-bond donors (Lipinski definition) is 2. The summed E-state index contributed by atoms with van der Waals surface area (Å²) in [5.41, 5.74) is 4.94. The van der Waals surface area contributed by atoms with E-state index in [0.29, 0.717) is 5.92 Å². The van der Waals surface area contributed by atoms with Crippen molar-refractivity contribution in [1.82, 2.24) is 9.97 Å². The van der Waals surface area contributed by atoms with Crippen molar-refractivity contribution in [2.75, 3.05) is 6.61 Å². The Kier molecular flexibility index (Phi) is 3.64. The van der Waals surface area contributed by atoms with E-state index in [4.69, 9.17) is 4.74 Å². The fourth-order valence-electron chi connectivity index (χ4n) is 3.32. The number of hydrogen-bond acceptors (Lipinski definition) is 3. The lowest BCUT2D eigenvalue weighted by molar-refractivity contribution is -0.589. The normalized spacial score (nSPS) is 18.8. The van der Waals surface area contributed by atoms with E-state index in [1.165, 1.54) is 32.1 Å². The molecule has 22 heavy (non-hydrogen) atoms. The molecule has 1 saturated carbocycles. The van der Waals surface area contributed by atoms with Gasteiger partial charge in [0.2, 0.25) is 0 Å². The van der Waals surface area contributed by atoms with E-state index < -0.39 is 0 Å². The van der Waals surface area contributed by atoms with Crippen molar-refractivity contribution < 1.29 is 10.2 Å². The molecule has 0 saturated heterocycles. The smallest absolute Gasteiger partial charge is 0.138 e. The molecule has 4 rings (SSSR count). The molecule has 0 radical (unpaired) electrons. The highest BCUT2D eigenvalue weighted by Gasteiger charge is 2.16. The number of aromatic amines is 1. The molecule has 5 nitrogen and oxygen atoms in total. The van der Waals surface area contributed by atoms with Gasteiger partial charge in [-0.2, -0.15) is 5.43 Å². The molecular weight excluding hydrogens is 276 g/mol. The number of quaternary nitrogens is 1. The summed E-state index contributed by atoms with van der Waals surface area (Å²) < 4.78 is 6.00. The molecule has 0 aromatic carbocycles. The summed E-state index contributed by atoms with van der Waals surface area (Å²) in [5, 5.41) is 5.23. The second-order valence-electron chi connectivity index (χ2n) is 6.13. The van der Waals surface area contributed by atoms with E-state index in [2.05, 4.69) is 21.1 Å². The lowest BCUT2D eigenvalue weighted by Crippen LogP contribution is -2.69. The Morgan fingerprint density at radius 2 is 2.18 bits per heavy atom. The first-order valence-electron chi connectivity index (χ1n) is 8.07. The van der Waals surface area contributed by atoms with Gasteiger partial charge in [0.15, 0.2) is 0 Å². The number of aromatic nitrogens is 2. The van der Waals surface area contributed by atoms with Gasteiger partial charge in [-0.15, -0.1) is 0 Å². The predicted octanol–water partition coefficient (Wildman–Crippen LogP) is 2.43. The van der Waals surface area contributed by atoms with Gasteiger partial charge in [0, 0.05) is 17.1 Å². The van der Waals surface area contributed by atoms with Crippen LogP contribution in [0, 0.1) is 5.92 Å². The Labute approximate surface area is 129 Å². The molecule has 114 valence electrons. The highest BCUT2D eigenvalue weighted by molar-refractivity contribution is 6.14. The molecule has 2 aromatic rings. The minimum atomic E-state index is 0.703. The van der Waals surface area contributed by atoms with Crippen LogP contribution in [0.1, 0.15) is 37.7 Å². The van der Waals surface area contributed by atoms with Crippen molar-refractivity contribution in [3.8, 4) is 5.75 Å². The molecule has 0 atom stereocenters. The average Bonchev–Trinajstić information content (AvgIpc) is 3.22. The number of nitrogens with two attached hydrogens (primary N) is 1. The highest BCUT2D eigenvalue weighted by Crippen LogP contribution is 2.28. The number of rotatable bonds is 4. The van der Waals surface area contributed by atoms with Crippen molar-refractivity contribution >= 4 is 22.8 Å². The van der Waals surface area contributed by atoms with E-state index in [9.17, 15) is 0 Å². The Hall–Kier alpha value is -2.14. The first-order valence-corrected chi connectivity index (χ1v) is 8.07. The van der Waals surface area contributed by atoms with Gasteiger partial charge in [0.25, 0.3) is 0 Å². The third kappa shape index (κ3) is 2.64. The Balaban J connectivity index is 1.54. The van der Waals surface area contributed by atoms with Crippen LogP contribution in [0.5, 0.6) is 5.75 Å². The second kappa shape index (κ2) is 5.93. The summed E-state index contributed by atoms with van der Waals surface area (Å²) in [6.07, 6.45) is 14.3. The third-order valence-corrected chi connectivity index (χ3v) is 4.58. The van der Waals surface area contributed by atoms with Crippen LogP contribution in [0.4, 0.5) is 0 Å². The summed E-state index contributed by atoms with van der Waals surface area (Å²) in [4.78, 5) is 7.69. The lowest BCUT2D eigenvalue weighted by atomic mass is 9.90. The Morgan fingerprint density at radius 3 is 3.00 bits per heavy atom. The van der Waals surface area contributed by atoms with Crippen LogP contribution in [-0.2, 0) is 0 Å². The van der Waals surface area contributed by atoms with Gasteiger partial charge in [0.05, 0.1) is 24.6 Å². The molecular formula is C17H21N4O+. The number of allylic oxidation sites excluding steroid dienone is 1. The Bertz CT molecular complexity index is 725. The molecule has 3 heterocycles. The fraction of sp³-hybridized carbons (Fsp3) is 0.412. The van der Waals surface area contributed by atoms with Crippen LogP contribution in [-0.4, -0.2) is 22.8 Å². The van der Waals surface area contributed by atoms with E-state index in [0.717, 1.165) is 34.5 Å². The zero-order chi connectivity index (χ0) is 14.8. The topological polar surface area (TPSA) is 66.9 Å². The van der Waals surface area contributed by atoms with Gasteiger partial charge in [-0.25, -0.2) is 4.98 Å². The summed E-state index contributed by atoms with van der Waals surface area (Å²) in [5.74, 6) is 1.56. The van der Waals surface area contributed by atoms with E-state index in [1.807, 2.05) is 30.2 Å². The summed E-state index contributed by atoms with van der Waals surface area (Å²) >= 11 is 0. The zero-order valence-corrected chi connectivity index (χ0v) is 12.6. The highest BCUT2D eigenvalue weighted by atomic mass is 16.5. The number of fused-ring (bicyclic) bond motifs is 1. The van der Waals surface area contributed by atoms with Crippen LogP contribution in [0.2, 0.25) is 0 Å². The van der Waals surface area contributed by atoms with Crippen molar-refractivity contribution in [1.29, 1.82) is 0 Å². The third-order valence-electron chi connectivity index (χ3n) is 4.58. The molecule has 0 amide bonds. The molecule has 1 fully saturated rings. The Morgan fingerprint density at radius 1 is 1.27 bits per heavy atom.